The summed E-state index contributed by atoms with van der Waals surface area (Å²) in [5.74, 6) is 0. The molecule has 0 aromatic rings. The first-order chi connectivity index (χ1) is 11.8. The van der Waals surface area contributed by atoms with Crippen molar-refractivity contribution in [3.05, 3.63) is 42.2 Å². The van der Waals surface area contributed by atoms with Crippen molar-refractivity contribution in [1.82, 2.24) is 0 Å². The van der Waals surface area contributed by atoms with Crippen molar-refractivity contribution in [2.75, 3.05) is 6.61 Å². The molecule has 0 amide bonds. The Hall–Kier alpha value is -0.823. The molecule has 0 aliphatic heterocycles. The zero-order chi connectivity index (χ0) is 19.0. The molecule has 0 saturated heterocycles. The fourth-order valence-electron chi connectivity index (χ4n) is 2.07. The second-order valence-electron chi connectivity index (χ2n) is 8.24. The Morgan fingerprint density at radius 1 is 0.840 bits per heavy atom. The standard InChI is InChI=1S/C23H42OSi/c1-7-8-9-10-11-12-13-14-15-16-17-18-19-20-21-22-24-25(5,6)23(2,3)4/h12-13,15-16,18,20H,7-11,14,17,21-22H2,1-6H3/b13-12-,16-15-. The molecular formula is C23H42OSi. The van der Waals surface area contributed by atoms with Crippen LogP contribution in [0.3, 0.4) is 0 Å². The molecule has 0 unspecified atom stereocenters. The molecule has 25 heavy (non-hydrogen) atoms. The maximum Gasteiger partial charge on any atom is 0.191 e. The van der Waals surface area contributed by atoms with E-state index in [-0.39, 0.29) is 0 Å². The SMILES string of the molecule is CCCCCC/C=C\C/C=C\CC=C=CCCO[Si](C)(C)C(C)(C)C. The molecule has 144 valence electrons. The molecule has 1 nitrogen and oxygen atoms in total. The van der Waals surface area contributed by atoms with Crippen LogP contribution in [0.2, 0.25) is 18.1 Å². The average Bonchev–Trinajstić information content (AvgIpc) is 2.53. The highest BCUT2D eigenvalue weighted by atomic mass is 28.4. The molecule has 0 heterocycles. The Morgan fingerprint density at radius 2 is 1.52 bits per heavy atom. The first kappa shape index (κ1) is 24.2. The second-order valence-corrected chi connectivity index (χ2v) is 13.0. The lowest BCUT2D eigenvalue weighted by atomic mass is 10.1. The minimum atomic E-state index is -1.59. The van der Waals surface area contributed by atoms with Crippen LogP contribution in [0.5, 0.6) is 0 Å². The monoisotopic (exact) mass is 362 g/mol. The van der Waals surface area contributed by atoms with Gasteiger partial charge in [-0.15, -0.1) is 5.73 Å². The van der Waals surface area contributed by atoms with Crippen molar-refractivity contribution >= 4 is 8.32 Å². The fraction of sp³-hybridized carbons (Fsp3) is 0.696. The van der Waals surface area contributed by atoms with E-state index in [1.165, 1.54) is 32.1 Å². The van der Waals surface area contributed by atoms with Gasteiger partial charge in [0.05, 0.1) is 0 Å². The van der Waals surface area contributed by atoms with Crippen LogP contribution in [-0.2, 0) is 4.43 Å². The molecule has 0 rings (SSSR count). The Balaban J connectivity index is 3.71. The minimum absolute atomic E-state index is 0.293. The van der Waals surface area contributed by atoms with E-state index in [0.717, 1.165) is 25.9 Å². The van der Waals surface area contributed by atoms with Gasteiger partial charge in [0.25, 0.3) is 0 Å². The summed E-state index contributed by atoms with van der Waals surface area (Å²) < 4.78 is 6.14. The molecular weight excluding hydrogens is 320 g/mol. The number of hydrogen-bond donors (Lipinski definition) is 0. The number of rotatable bonds is 13. The van der Waals surface area contributed by atoms with Crippen molar-refractivity contribution in [3.8, 4) is 0 Å². The highest BCUT2D eigenvalue weighted by Crippen LogP contribution is 2.36. The quantitative estimate of drug-likeness (QED) is 0.140. The van der Waals surface area contributed by atoms with E-state index in [4.69, 9.17) is 4.43 Å². The maximum absolute atomic E-state index is 6.14. The van der Waals surface area contributed by atoms with Gasteiger partial charge >= 0.3 is 0 Å². The van der Waals surface area contributed by atoms with Gasteiger partial charge in [0.2, 0.25) is 0 Å². The van der Waals surface area contributed by atoms with Crippen molar-refractivity contribution in [1.29, 1.82) is 0 Å². The van der Waals surface area contributed by atoms with Gasteiger partial charge in [0.1, 0.15) is 0 Å². The van der Waals surface area contributed by atoms with Gasteiger partial charge in [-0.25, -0.2) is 0 Å². The summed E-state index contributed by atoms with van der Waals surface area (Å²) >= 11 is 0. The first-order valence-electron chi connectivity index (χ1n) is 10.1. The van der Waals surface area contributed by atoms with Crippen molar-refractivity contribution in [3.63, 3.8) is 0 Å². The number of unbranched alkanes of at least 4 members (excludes halogenated alkanes) is 4. The molecule has 0 N–H and O–H groups in total. The Morgan fingerprint density at radius 3 is 2.20 bits per heavy atom. The van der Waals surface area contributed by atoms with Gasteiger partial charge in [0, 0.05) is 6.61 Å². The lowest BCUT2D eigenvalue weighted by Crippen LogP contribution is -2.40. The van der Waals surface area contributed by atoms with Crippen LogP contribution in [0.4, 0.5) is 0 Å². The van der Waals surface area contributed by atoms with Crippen molar-refractivity contribution in [2.24, 2.45) is 0 Å². The Bertz CT molecular complexity index is 431. The van der Waals surface area contributed by atoms with E-state index in [2.05, 4.69) is 83.0 Å². The van der Waals surface area contributed by atoms with Crippen molar-refractivity contribution in [2.45, 2.75) is 97.2 Å². The molecule has 0 aromatic heterocycles. The lowest BCUT2D eigenvalue weighted by molar-refractivity contribution is 0.294. The molecule has 0 aromatic carbocycles. The molecule has 2 heteroatoms. The van der Waals surface area contributed by atoms with Crippen LogP contribution >= 0.6 is 0 Å². The zero-order valence-electron chi connectivity index (χ0n) is 17.7. The molecule has 0 spiro atoms. The third-order valence-electron chi connectivity index (χ3n) is 4.85. The molecule has 0 aliphatic carbocycles. The summed E-state index contributed by atoms with van der Waals surface area (Å²) in [4.78, 5) is 0. The molecule has 0 atom stereocenters. The molecule has 0 saturated carbocycles. The smallest absolute Gasteiger partial charge is 0.191 e. The number of allylic oxidation sites excluding steroid dienone is 4. The lowest BCUT2D eigenvalue weighted by Gasteiger charge is -2.36. The van der Waals surface area contributed by atoms with Gasteiger partial charge < -0.3 is 4.43 Å². The van der Waals surface area contributed by atoms with Crippen LogP contribution in [0, 0.1) is 0 Å². The average molecular weight is 363 g/mol. The summed E-state index contributed by atoms with van der Waals surface area (Å²) in [5.41, 5.74) is 3.26. The van der Waals surface area contributed by atoms with E-state index in [1.54, 1.807) is 0 Å². The predicted octanol–water partition coefficient (Wildman–Crippen LogP) is 7.97. The van der Waals surface area contributed by atoms with Crippen molar-refractivity contribution < 1.29 is 4.43 Å². The Labute approximate surface area is 159 Å². The van der Waals surface area contributed by atoms with Gasteiger partial charge in [-0.1, -0.05) is 71.3 Å². The van der Waals surface area contributed by atoms with E-state index in [1.807, 2.05) is 0 Å². The molecule has 0 fully saturated rings. The van der Waals surface area contributed by atoms with Crippen LogP contribution in [0.15, 0.2) is 42.2 Å². The van der Waals surface area contributed by atoms with E-state index in [9.17, 15) is 0 Å². The highest BCUT2D eigenvalue weighted by Gasteiger charge is 2.36. The maximum atomic E-state index is 6.14. The normalized spacial score (nSPS) is 12.7. The number of hydrogen-bond acceptors (Lipinski definition) is 1. The zero-order valence-corrected chi connectivity index (χ0v) is 18.7. The van der Waals surface area contributed by atoms with Crippen LogP contribution in [-0.4, -0.2) is 14.9 Å². The van der Waals surface area contributed by atoms with Crippen LogP contribution < -0.4 is 0 Å². The third kappa shape index (κ3) is 14.1. The summed E-state index contributed by atoms with van der Waals surface area (Å²) in [6.07, 6.45) is 22.8. The largest absolute Gasteiger partial charge is 0.416 e. The summed E-state index contributed by atoms with van der Waals surface area (Å²) in [6.45, 7) is 14.5. The molecule has 0 radical (unpaired) electrons. The van der Waals surface area contributed by atoms with Gasteiger partial charge in [-0.3, -0.25) is 0 Å². The highest BCUT2D eigenvalue weighted by molar-refractivity contribution is 6.74. The van der Waals surface area contributed by atoms with Gasteiger partial charge in [0.15, 0.2) is 8.32 Å². The van der Waals surface area contributed by atoms with Crippen LogP contribution in [0.25, 0.3) is 0 Å². The van der Waals surface area contributed by atoms with Crippen LogP contribution in [0.1, 0.15) is 79.1 Å². The van der Waals surface area contributed by atoms with Gasteiger partial charge in [-0.05, 0) is 62.4 Å². The van der Waals surface area contributed by atoms with E-state index >= 15 is 0 Å². The summed E-state index contributed by atoms with van der Waals surface area (Å²) in [5, 5.41) is 0.293. The second kappa shape index (κ2) is 14.4. The predicted molar refractivity (Wildman–Crippen MR) is 117 cm³/mol. The first-order valence-corrected chi connectivity index (χ1v) is 13.1. The molecule has 0 bridgehead atoms. The molecule has 0 aliphatic rings. The fourth-order valence-corrected chi connectivity index (χ4v) is 3.13. The van der Waals surface area contributed by atoms with E-state index in [0.29, 0.717) is 5.04 Å². The Kier molecular flexibility index (Phi) is 13.9. The van der Waals surface area contributed by atoms with Gasteiger partial charge in [-0.2, -0.15) is 0 Å². The third-order valence-corrected chi connectivity index (χ3v) is 9.39. The summed E-state index contributed by atoms with van der Waals surface area (Å²) in [7, 11) is -1.59. The van der Waals surface area contributed by atoms with E-state index < -0.39 is 8.32 Å². The summed E-state index contributed by atoms with van der Waals surface area (Å²) in [6, 6.07) is 0. The topological polar surface area (TPSA) is 9.23 Å². The minimum Gasteiger partial charge on any atom is -0.416 e.